The van der Waals surface area contributed by atoms with E-state index in [4.69, 9.17) is 8.92 Å². The van der Waals surface area contributed by atoms with Gasteiger partial charge in [0.25, 0.3) is 0 Å². The third kappa shape index (κ3) is 23.6. The predicted octanol–water partition coefficient (Wildman–Crippen LogP) is -0.621. The normalized spacial score (nSPS) is 2.00. The van der Waals surface area contributed by atoms with E-state index in [1.807, 2.05) is 0 Å². The maximum absolute atomic E-state index is 8.40. The van der Waals surface area contributed by atoms with E-state index in [9.17, 15) is 0 Å². The van der Waals surface area contributed by atoms with Gasteiger partial charge in [-0.15, -0.1) is 0 Å². The van der Waals surface area contributed by atoms with E-state index in [0.29, 0.717) is 0 Å². The van der Waals surface area contributed by atoms with Gasteiger partial charge >= 0.3 is 9.29 Å². The van der Waals surface area contributed by atoms with Gasteiger partial charge in [-0.2, -0.15) is 0 Å². The molecule has 0 aromatic rings. The van der Waals surface area contributed by atoms with Crippen LogP contribution in [0.5, 0.6) is 0 Å². The summed E-state index contributed by atoms with van der Waals surface area (Å²) in [6.45, 7) is 0. The molecule has 4 heteroatoms. The van der Waals surface area contributed by atoms with Crippen molar-refractivity contribution in [3.63, 3.8) is 0 Å². The Morgan fingerprint density at radius 2 is 1.25 bits per heavy atom. The molecule has 0 spiro atoms. The molecule has 1 radical (unpaired) electrons. The molecule has 0 atom stereocenters. The molecule has 2 nitrogen and oxygen atoms in total. The Balaban J connectivity index is 0. The van der Waals surface area contributed by atoms with E-state index < -0.39 is 9.29 Å². The van der Waals surface area contributed by atoms with Crippen molar-refractivity contribution in [1.29, 1.82) is 0 Å². The predicted molar refractivity (Wildman–Crippen MR) is 7.13 cm³/mol. The zero-order valence-corrected chi connectivity index (χ0v) is 5.41. The topological polar surface area (TPSA) is 34.1 Å². The van der Waals surface area contributed by atoms with Gasteiger partial charge in [0.2, 0.25) is 0 Å². The Morgan fingerprint density at radius 1 is 1.25 bits per heavy atom. The summed E-state index contributed by atoms with van der Waals surface area (Å²) in [5.74, 6) is 0. The summed E-state index contributed by atoms with van der Waals surface area (Å²) in [5.41, 5.74) is 0. The fourth-order valence-electron chi connectivity index (χ4n) is 0. The van der Waals surface area contributed by atoms with Crippen LogP contribution in [0.1, 0.15) is 0 Å². The first-order chi connectivity index (χ1) is 1.41. The molecule has 0 saturated carbocycles. The molecule has 0 amide bonds. The molecular formula is O2ReSi. The van der Waals surface area contributed by atoms with Gasteiger partial charge in [-0.3, -0.25) is 8.92 Å². The Bertz CT molecular complexity index is 27.0. The molecule has 0 N–H and O–H groups in total. The van der Waals surface area contributed by atoms with Gasteiger partial charge in [-0.05, 0) is 0 Å². The van der Waals surface area contributed by atoms with Gasteiger partial charge in [0.15, 0.2) is 0 Å². The summed E-state index contributed by atoms with van der Waals surface area (Å²) in [6.07, 6.45) is 0. The second-order valence-corrected chi connectivity index (χ2v) is 0.250. The van der Waals surface area contributed by atoms with Crippen LogP contribution in [-0.2, 0) is 29.3 Å². The monoisotopic (exact) mass is 247 g/mol. The van der Waals surface area contributed by atoms with Gasteiger partial charge in [0.05, 0.1) is 0 Å². The standard InChI is InChI=1S/O2Si.Re/c1-3-2;. The first-order valence-corrected chi connectivity index (χ1v) is 1.22. The summed E-state index contributed by atoms with van der Waals surface area (Å²) in [5, 5.41) is 0. The second-order valence-electron chi connectivity index (χ2n) is 0.0833. The average Bonchev–Trinajstić information content (AvgIpc) is 0.918. The molecule has 0 rings (SSSR count). The van der Waals surface area contributed by atoms with E-state index >= 15 is 0 Å². The van der Waals surface area contributed by atoms with Crippen molar-refractivity contribution in [2.24, 2.45) is 0 Å². The van der Waals surface area contributed by atoms with E-state index in [0.717, 1.165) is 0 Å². The van der Waals surface area contributed by atoms with Gasteiger partial charge in [-0.25, -0.2) is 0 Å². The molecule has 0 saturated heterocycles. The number of hydrogen-bond acceptors (Lipinski definition) is 2. The summed E-state index contributed by atoms with van der Waals surface area (Å²) in [4.78, 5) is 0. The van der Waals surface area contributed by atoms with Crippen LogP contribution < -0.4 is 0 Å². The maximum atomic E-state index is 8.40. The fraction of sp³-hybridized carbons (Fsp3) is 0. The minimum Gasteiger partial charge on any atom is -0.274 e. The minimum absolute atomic E-state index is 0. The van der Waals surface area contributed by atoms with Crippen molar-refractivity contribution in [1.82, 2.24) is 0 Å². The largest absolute Gasteiger partial charge is 0.549 e. The summed E-state index contributed by atoms with van der Waals surface area (Å²) in [7, 11) is -1.42. The summed E-state index contributed by atoms with van der Waals surface area (Å²) < 4.78 is 16.8. The Hall–Kier alpha value is 0.479. The molecular weight excluding hydrogens is 246 g/mol. The van der Waals surface area contributed by atoms with Crippen LogP contribution in [0.3, 0.4) is 0 Å². The fourth-order valence-corrected chi connectivity index (χ4v) is 0. The second kappa shape index (κ2) is 9.77. The Kier molecular flexibility index (Phi) is 21.6. The molecule has 0 aliphatic heterocycles. The van der Waals surface area contributed by atoms with Crippen molar-refractivity contribution >= 4 is 9.29 Å². The van der Waals surface area contributed by atoms with Crippen molar-refractivity contribution < 1.29 is 29.3 Å². The van der Waals surface area contributed by atoms with Crippen LogP contribution in [0.4, 0.5) is 0 Å². The molecule has 0 bridgehead atoms. The van der Waals surface area contributed by atoms with E-state index in [1.165, 1.54) is 0 Å². The van der Waals surface area contributed by atoms with Crippen LogP contribution in [-0.4, -0.2) is 9.29 Å². The molecule has 0 aliphatic rings. The van der Waals surface area contributed by atoms with Gasteiger partial charge in [-0.1, -0.05) is 0 Å². The third-order valence-corrected chi connectivity index (χ3v) is 0. The smallest absolute Gasteiger partial charge is 0.274 e. The molecule has 0 unspecified atom stereocenters. The Morgan fingerprint density at radius 3 is 1.25 bits per heavy atom. The molecule has 0 aromatic carbocycles. The average molecular weight is 246 g/mol. The third-order valence-electron chi connectivity index (χ3n) is 0. The number of rotatable bonds is 0. The molecule has 0 fully saturated rings. The van der Waals surface area contributed by atoms with E-state index in [2.05, 4.69) is 0 Å². The summed E-state index contributed by atoms with van der Waals surface area (Å²) in [6, 6.07) is 0. The summed E-state index contributed by atoms with van der Waals surface area (Å²) >= 11 is 0. The quantitative estimate of drug-likeness (QED) is 0.534. The maximum Gasteiger partial charge on any atom is 0.549 e. The van der Waals surface area contributed by atoms with Gasteiger partial charge < -0.3 is 0 Å². The molecule has 4 heavy (non-hydrogen) atoms. The zero-order chi connectivity index (χ0) is 2.71. The van der Waals surface area contributed by atoms with E-state index in [-0.39, 0.29) is 20.4 Å². The van der Waals surface area contributed by atoms with Crippen LogP contribution >= 0.6 is 0 Å². The minimum atomic E-state index is -1.42. The van der Waals surface area contributed by atoms with Crippen molar-refractivity contribution in [3.05, 3.63) is 0 Å². The van der Waals surface area contributed by atoms with Crippen molar-refractivity contribution in [2.45, 2.75) is 0 Å². The SMILES string of the molecule is O=[Si]=O.[Re]. The van der Waals surface area contributed by atoms with Gasteiger partial charge in [0, 0.05) is 20.4 Å². The number of hydrogen-bond donors (Lipinski definition) is 0. The van der Waals surface area contributed by atoms with Gasteiger partial charge in [0.1, 0.15) is 0 Å². The van der Waals surface area contributed by atoms with E-state index in [1.54, 1.807) is 0 Å². The molecule has 23 valence electrons. The molecule has 0 aliphatic carbocycles. The molecule has 0 aromatic heterocycles. The van der Waals surface area contributed by atoms with Crippen LogP contribution in [0.25, 0.3) is 0 Å². The first kappa shape index (κ1) is 8.82. The van der Waals surface area contributed by atoms with Crippen molar-refractivity contribution in [3.8, 4) is 0 Å². The van der Waals surface area contributed by atoms with Crippen LogP contribution in [0.15, 0.2) is 0 Å². The van der Waals surface area contributed by atoms with Crippen LogP contribution in [0.2, 0.25) is 0 Å². The Labute approximate surface area is 39.2 Å². The first-order valence-electron chi connectivity index (χ1n) is 0.408. The molecule has 0 heterocycles. The zero-order valence-electron chi connectivity index (χ0n) is 1.69. The van der Waals surface area contributed by atoms with Crippen molar-refractivity contribution in [2.75, 3.05) is 0 Å². The van der Waals surface area contributed by atoms with Crippen LogP contribution in [0, 0.1) is 0 Å².